The first kappa shape index (κ1) is 15.0. The summed E-state index contributed by atoms with van der Waals surface area (Å²) >= 11 is 1.58. The predicted molar refractivity (Wildman–Crippen MR) is 94.4 cm³/mol. The number of rotatable bonds is 3. The van der Waals surface area contributed by atoms with Crippen LogP contribution in [0.5, 0.6) is 0 Å². The lowest BCUT2D eigenvalue weighted by atomic mass is 10.2. The highest BCUT2D eigenvalue weighted by atomic mass is 32.1. The number of fused-ring (bicyclic) bond motifs is 1. The Morgan fingerprint density at radius 1 is 1.04 bits per heavy atom. The van der Waals surface area contributed by atoms with Crippen molar-refractivity contribution in [1.82, 2.24) is 20.0 Å². The zero-order valence-electron chi connectivity index (χ0n) is 13.3. The maximum atomic E-state index is 13.1. The van der Waals surface area contributed by atoms with E-state index in [2.05, 4.69) is 29.1 Å². The van der Waals surface area contributed by atoms with Crippen molar-refractivity contribution >= 4 is 22.4 Å². The van der Waals surface area contributed by atoms with Crippen LogP contribution in [0.25, 0.3) is 32.0 Å². The van der Waals surface area contributed by atoms with Crippen LogP contribution in [0, 0.1) is 5.82 Å². The third-order valence-corrected chi connectivity index (χ3v) is 4.94. The zero-order valence-corrected chi connectivity index (χ0v) is 14.1. The van der Waals surface area contributed by atoms with Crippen LogP contribution >= 0.6 is 11.3 Å². The summed E-state index contributed by atoms with van der Waals surface area (Å²) in [7, 11) is 0. The van der Waals surface area contributed by atoms with Gasteiger partial charge in [0, 0.05) is 17.8 Å². The molecule has 0 unspecified atom stereocenters. The second kappa shape index (κ2) is 5.79. The summed E-state index contributed by atoms with van der Waals surface area (Å²) in [6.07, 6.45) is 1.82. The largest absolute Gasteiger partial charge is 0.244 e. The molecule has 2 heterocycles. The molecule has 0 N–H and O–H groups in total. The Labute approximate surface area is 142 Å². The molecule has 2 aromatic heterocycles. The summed E-state index contributed by atoms with van der Waals surface area (Å²) in [5, 5.41) is 9.37. The Kier molecular flexibility index (Phi) is 3.61. The third-order valence-electron chi connectivity index (χ3n) is 3.84. The molecule has 4 aromatic rings. The molecule has 0 fully saturated rings. The van der Waals surface area contributed by atoms with Crippen molar-refractivity contribution in [2.75, 3.05) is 0 Å². The van der Waals surface area contributed by atoms with Crippen molar-refractivity contribution in [3.63, 3.8) is 0 Å². The summed E-state index contributed by atoms with van der Waals surface area (Å²) in [5.74, 6) is -0.234. The summed E-state index contributed by atoms with van der Waals surface area (Å²) in [6.45, 7) is 4.16. The molecule has 4 nitrogen and oxygen atoms in total. The highest BCUT2D eigenvalue weighted by molar-refractivity contribution is 7.18. The molecule has 0 bridgehead atoms. The topological polar surface area (TPSA) is 43.6 Å². The molecule has 0 aliphatic heterocycles. The highest BCUT2D eigenvalue weighted by Gasteiger charge is 2.11. The van der Waals surface area contributed by atoms with Crippen LogP contribution in [0.1, 0.15) is 19.9 Å². The van der Waals surface area contributed by atoms with Crippen molar-refractivity contribution in [2.45, 2.75) is 19.9 Å². The van der Waals surface area contributed by atoms with Gasteiger partial charge in [-0.15, -0.1) is 16.4 Å². The molecular formula is C18H15FN4S. The fourth-order valence-corrected chi connectivity index (χ4v) is 3.53. The van der Waals surface area contributed by atoms with Gasteiger partial charge in [-0.3, -0.25) is 0 Å². The van der Waals surface area contributed by atoms with Gasteiger partial charge in [0.05, 0.1) is 10.4 Å². The van der Waals surface area contributed by atoms with E-state index < -0.39 is 0 Å². The minimum absolute atomic E-state index is 0.234. The first-order valence-electron chi connectivity index (χ1n) is 7.69. The normalized spacial score (nSPS) is 11.5. The molecule has 4 rings (SSSR count). The van der Waals surface area contributed by atoms with Gasteiger partial charge in [0.25, 0.3) is 0 Å². The molecule has 0 atom stereocenters. The SMILES string of the molecule is CC(C)n1nnc2cc(-c3ncc(-c4ccc(F)cc4)s3)ccc21. The molecule has 0 aliphatic carbocycles. The molecular weight excluding hydrogens is 323 g/mol. The lowest BCUT2D eigenvalue weighted by Gasteiger charge is -2.05. The maximum Gasteiger partial charge on any atom is 0.123 e. The van der Waals surface area contributed by atoms with Crippen molar-refractivity contribution in [3.05, 3.63) is 54.5 Å². The minimum Gasteiger partial charge on any atom is -0.244 e. The molecule has 0 aliphatic rings. The Balaban J connectivity index is 1.71. The number of halogens is 1. The molecule has 0 radical (unpaired) electrons. The summed E-state index contributed by atoms with van der Waals surface area (Å²) < 4.78 is 15.0. The minimum atomic E-state index is -0.234. The van der Waals surface area contributed by atoms with E-state index in [-0.39, 0.29) is 11.9 Å². The molecule has 0 spiro atoms. The monoisotopic (exact) mass is 338 g/mol. The third kappa shape index (κ3) is 2.59. The van der Waals surface area contributed by atoms with Gasteiger partial charge in [0.2, 0.25) is 0 Å². The van der Waals surface area contributed by atoms with Crippen LogP contribution in [0.4, 0.5) is 4.39 Å². The van der Waals surface area contributed by atoms with E-state index in [4.69, 9.17) is 0 Å². The van der Waals surface area contributed by atoms with Crippen LogP contribution in [0.15, 0.2) is 48.7 Å². The fourth-order valence-electron chi connectivity index (χ4n) is 2.61. The summed E-state index contributed by atoms with van der Waals surface area (Å²) in [5.41, 5.74) is 3.85. The van der Waals surface area contributed by atoms with E-state index in [1.807, 2.05) is 29.1 Å². The van der Waals surface area contributed by atoms with Gasteiger partial charge in [0.1, 0.15) is 16.3 Å². The molecule has 0 saturated carbocycles. The van der Waals surface area contributed by atoms with E-state index in [1.165, 1.54) is 12.1 Å². The van der Waals surface area contributed by atoms with Crippen molar-refractivity contribution in [1.29, 1.82) is 0 Å². The van der Waals surface area contributed by atoms with Crippen LogP contribution < -0.4 is 0 Å². The first-order valence-corrected chi connectivity index (χ1v) is 8.50. The summed E-state index contributed by atoms with van der Waals surface area (Å²) in [6, 6.07) is 12.8. The number of hydrogen-bond donors (Lipinski definition) is 0. The second-order valence-electron chi connectivity index (χ2n) is 5.87. The Bertz CT molecular complexity index is 1000. The smallest absolute Gasteiger partial charge is 0.123 e. The van der Waals surface area contributed by atoms with E-state index in [0.29, 0.717) is 0 Å². The van der Waals surface area contributed by atoms with Gasteiger partial charge in [-0.05, 0) is 49.7 Å². The first-order chi connectivity index (χ1) is 11.6. The van der Waals surface area contributed by atoms with Gasteiger partial charge in [-0.2, -0.15) is 0 Å². The standard InChI is InChI=1S/C18H15FN4S/c1-11(2)23-16-8-5-13(9-15(16)21-22-23)18-20-10-17(24-18)12-3-6-14(19)7-4-12/h3-11H,1-2H3. The Morgan fingerprint density at radius 2 is 1.79 bits per heavy atom. The van der Waals surface area contributed by atoms with E-state index in [1.54, 1.807) is 23.5 Å². The van der Waals surface area contributed by atoms with Crippen LogP contribution in [0.2, 0.25) is 0 Å². The van der Waals surface area contributed by atoms with Gasteiger partial charge in [-0.1, -0.05) is 17.3 Å². The number of benzene rings is 2. The Morgan fingerprint density at radius 3 is 2.54 bits per heavy atom. The Hall–Kier alpha value is -2.60. The zero-order chi connectivity index (χ0) is 16.7. The average molecular weight is 338 g/mol. The maximum absolute atomic E-state index is 13.1. The molecule has 120 valence electrons. The van der Waals surface area contributed by atoms with Gasteiger partial charge in [-0.25, -0.2) is 14.1 Å². The number of thiazole rings is 1. The second-order valence-corrected chi connectivity index (χ2v) is 6.90. The fraction of sp³-hybridized carbons (Fsp3) is 0.167. The molecule has 2 aromatic carbocycles. The van der Waals surface area contributed by atoms with Gasteiger partial charge < -0.3 is 0 Å². The van der Waals surface area contributed by atoms with Crippen LogP contribution in [-0.2, 0) is 0 Å². The predicted octanol–water partition coefficient (Wildman–Crippen LogP) is 4.94. The van der Waals surface area contributed by atoms with E-state index in [9.17, 15) is 4.39 Å². The van der Waals surface area contributed by atoms with E-state index in [0.717, 1.165) is 32.0 Å². The molecule has 24 heavy (non-hydrogen) atoms. The van der Waals surface area contributed by atoms with Crippen molar-refractivity contribution in [3.8, 4) is 21.0 Å². The quantitative estimate of drug-likeness (QED) is 0.531. The molecule has 0 saturated heterocycles. The lowest BCUT2D eigenvalue weighted by molar-refractivity contribution is 0.530. The van der Waals surface area contributed by atoms with Crippen LogP contribution in [0.3, 0.4) is 0 Å². The van der Waals surface area contributed by atoms with E-state index >= 15 is 0 Å². The molecule has 6 heteroatoms. The van der Waals surface area contributed by atoms with Crippen molar-refractivity contribution in [2.24, 2.45) is 0 Å². The van der Waals surface area contributed by atoms with Crippen molar-refractivity contribution < 1.29 is 4.39 Å². The number of hydrogen-bond acceptors (Lipinski definition) is 4. The van der Waals surface area contributed by atoms with Gasteiger partial charge in [0.15, 0.2) is 0 Å². The number of nitrogens with zero attached hydrogens (tertiary/aromatic N) is 4. The summed E-state index contributed by atoms with van der Waals surface area (Å²) in [4.78, 5) is 5.51. The molecule has 0 amide bonds. The average Bonchev–Trinajstić information content (AvgIpc) is 3.22. The lowest BCUT2D eigenvalue weighted by Crippen LogP contribution is -2.02. The highest BCUT2D eigenvalue weighted by Crippen LogP contribution is 2.33. The van der Waals surface area contributed by atoms with Crippen LogP contribution in [-0.4, -0.2) is 20.0 Å². The van der Waals surface area contributed by atoms with Gasteiger partial charge >= 0.3 is 0 Å². The number of aromatic nitrogens is 4.